The van der Waals surface area contributed by atoms with E-state index in [1.807, 2.05) is 0 Å². The zero-order chi connectivity index (χ0) is 14.4. The summed E-state index contributed by atoms with van der Waals surface area (Å²) in [4.78, 5) is 2.77. The summed E-state index contributed by atoms with van der Waals surface area (Å²) in [6.07, 6.45) is 10.1. The molecule has 0 bridgehead atoms. The molecule has 2 rings (SSSR count). The molecule has 0 aromatic carbocycles. The number of hydrogen-bond donors (Lipinski definition) is 1. The molecule has 0 spiro atoms. The average molecular weight is 280 g/mol. The first-order chi connectivity index (χ1) is 9.63. The summed E-state index contributed by atoms with van der Waals surface area (Å²) in [6, 6.07) is 0. The highest BCUT2D eigenvalue weighted by Gasteiger charge is 2.35. The fourth-order valence-electron chi connectivity index (χ4n) is 4.17. The third kappa shape index (κ3) is 4.73. The van der Waals surface area contributed by atoms with Crippen molar-refractivity contribution >= 4 is 0 Å². The largest absolute Gasteiger partial charge is 0.316 e. The lowest BCUT2D eigenvalue weighted by molar-refractivity contribution is 0.108. The van der Waals surface area contributed by atoms with Gasteiger partial charge in [-0.1, -0.05) is 40.0 Å². The van der Waals surface area contributed by atoms with Gasteiger partial charge in [-0.2, -0.15) is 0 Å². The minimum atomic E-state index is 0.591. The van der Waals surface area contributed by atoms with Crippen LogP contribution in [-0.2, 0) is 0 Å². The van der Waals surface area contributed by atoms with E-state index in [1.165, 1.54) is 77.7 Å². The van der Waals surface area contributed by atoms with E-state index in [1.54, 1.807) is 0 Å². The molecule has 0 unspecified atom stereocenters. The van der Waals surface area contributed by atoms with Crippen molar-refractivity contribution in [3.8, 4) is 0 Å². The fraction of sp³-hybridized carbons (Fsp3) is 1.00. The van der Waals surface area contributed by atoms with Gasteiger partial charge in [-0.05, 0) is 62.6 Å². The summed E-state index contributed by atoms with van der Waals surface area (Å²) in [5, 5.41) is 3.75. The Balaban J connectivity index is 1.79. The zero-order valence-electron chi connectivity index (χ0n) is 14.1. The van der Waals surface area contributed by atoms with Crippen LogP contribution in [0.15, 0.2) is 0 Å². The molecule has 2 nitrogen and oxygen atoms in total. The summed E-state index contributed by atoms with van der Waals surface area (Å²) in [6.45, 7) is 13.5. The van der Waals surface area contributed by atoms with Crippen molar-refractivity contribution in [2.45, 2.75) is 65.7 Å². The van der Waals surface area contributed by atoms with Crippen LogP contribution in [0, 0.1) is 17.3 Å². The first kappa shape index (κ1) is 16.3. The summed E-state index contributed by atoms with van der Waals surface area (Å²) < 4.78 is 0. The lowest BCUT2D eigenvalue weighted by Crippen LogP contribution is -2.45. The van der Waals surface area contributed by atoms with Crippen LogP contribution in [0.25, 0.3) is 0 Å². The van der Waals surface area contributed by atoms with Crippen molar-refractivity contribution in [2.75, 3.05) is 32.7 Å². The van der Waals surface area contributed by atoms with Gasteiger partial charge in [-0.25, -0.2) is 0 Å². The molecule has 0 atom stereocenters. The van der Waals surface area contributed by atoms with E-state index in [0.717, 1.165) is 11.8 Å². The quantitative estimate of drug-likeness (QED) is 0.760. The van der Waals surface area contributed by atoms with E-state index in [0.29, 0.717) is 5.41 Å². The second-order valence-corrected chi connectivity index (χ2v) is 7.86. The number of hydrogen-bond acceptors (Lipinski definition) is 2. The topological polar surface area (TPSA) is 15.3 Å². The molecular weight excluding hydrogens is 244 g/mol. The lowest BCUT2D eigenvalue weighted by Gasteiger charge is -2.39. The Kier molecular flexibility index (Phi) is 6.35. The maximum atomic E-state index is 3.75. The first-order valence-corrected chi connectivity index (χ1v) is 9.06. The van der Waals surface area contributed by atoms with Crippen LogP contribution in [0.4, 0.5) is 0 Å². The predicted octanol–water partition coefficient (Wildman–Crippen LogP) is 3.91. The van der Waals surface area contributed by atoms with E-state index in [9.17, 15) is 0 Å². The SMILES string of the molecule is CCC1CCN(CC2(CNCC(C)C)CCCC2)CC1. The summed E-state index contributed by atoms with van der Waals surface area (Å²) in [5.41, 5.74) is 0.591. The van der Waals surface area contributed by atoms with Crippen LogP contribution in [-0.4, -0.2) is 37.6 Å². The van der Waals surface area contributed by atoms with Crippen LogP contribution in [0.3, 0.4) is 0 Å². The number of nitrogens with one attached hydrogen (secondary N) is 1. The lowest BCUT2D eigenvalue weighted by atomic mass is 9.84. The summed E-state index contributed by atoms with van der Waals surface area (Å²) in [5.74, 6) is 1.78. The van der Waals surface area contributed by atoms with E-state index >= 15 is 0 Å². The average Bonchev–Trinajstić information content (AvgIpc) is 2.88. The molecule has 0 radical (unpaired) electrons. The van der Waals surface area contributed by atoms with E-state index < -0.39 is 0 Å². The minimum Gasteiger partial charge on any atom is -0.316 e. The monoisotopic (exact) mass is 280 g/mol. The summed E-state index contributed by atoms with van der Waals surface area (Å²) in [7, 11) is 0. The van der Waals surface area contributed by atoms with E-state index in [-0.39, 0.29) is 0 Å². The fourth-order valence-corrected chi connectivity index (χ4v) is 4.17. The van der Waals surface area contributed by atoms with Crippen molar-refractivity contribution < 1.29 is 0 Å². The molecule has 2 aliphatic rings. The molecule has 1 saturated heterocycles. The van der Waals surface area contributed by atoms with Crippen LogP contribution in [0.1, 0.15) is 65.7 Å². The molecule has 0 aromatic rings. The number of likely N-dealkylation sites (tertiary alicyclic amines) is 1. The Morgan fingerprint density at radius 3 is 2.35 bits per heavy atom. The van der Waals surface area contributed by atoms with Gasteiger partial charge in [0.15, 0.2) is 0 Å². The van der Waals surface area contributed by atoms with Gasteiger partial charge in [0.05, 0.1) is 0 Å². The Morgan fingerprint density at radius 1 is 1.15 bits per heavy atom. The maximum Gasteiger partial charge on any atom is 0.00501 e. The van der Waals surface area contributed by atoms with Gasteiger partial charge in [0.2, 0.25) is 0 Å². The van der Waals surface area contributed by atoms with Crippen molar-refractivity contribution in [1.82, 2.24) is 10.2 Å². The van der Waals surface area contributed by atoms with Gasteiger partial charge >= 0.3 is 0 Å². The molecule has 1 aliphatic heterocycles. The number of piperidine rings is 1. The Morgan fingerprint density at radius 2 is 1.80 bits per heavy atom. The third-order valence-electron chi connectivity index (χ3n) is 5.56. The minimum absolute atomic E-state index is 0.591. The Hall–Kier alpha value is -0.0800. The van der Waals surface area contributed by atoms with Crippen molar-refractivity contribution in [2.24, 2.45) is 17.3 Å². The molecular formula is C18H36N2. The molecule has 1 heterocycles. The standard InChI is InChI=1S/C18H36N2/c1-4-17-7-11-20(12-8-17)15-18(9-5-6-10-18)14-19-13-16(2)3/h16-17,19H,4-15H2,1-3H3. The number of nitrogens with zero attached hydrogens (tertiary/aromatic N) is 1. The second-order valence-electron chi connectivity index (χ2n) is 7.86. The third-order valence-corrected chi connectivity index (χ3v) is 5.56. The highest BCUT2D eigenvalue weighted by atomic mass is 15.1. The smallest absolute Gasteiger partial charge is 0.00501 e. The van der Waals surface area contributed by atoms with Gasteiger partial charge in [0.1, 0.15) is 0 Å². The predicted molar refractivity (Wildman–Crippen MR) is 88.1 cm³/mol. The molecule has 20 heavy (non-hydrogen) atoms. The Bertz CT molecular complexity index is 261. The normalized spacial score (nSPS) is 24.6. The van der Waals surface area contributed by atoms with E-state index in [4.69, 9.17) is 0 Å². The van der Waals surface area contributed by atoms with Gasteiger partial charge in [0.25, 0.3) is 0 Å². The van der Waals surface area contributed by atoms with Crippen LogP contribution in [0.5, 0.6) is 0 Å². The molecule has 1 saturated carbocycles. The maximum absolute atomic E-state index is 3.75. The second kappa shape index (κ2) is 7.79. The zero-order valence-corrected chi connectivity index (χ0v) is 14.1. The van der Waals surface area contributed by atoms with Crippen LogP contribution in [0.2, 0.25) is 0 Å². The Labute approximate surface area is 126 Å². The molecule has 0 amide bonds. The molecule has 1 N–H and O–H groups in total. The summed E-state index contributed by atoms with van der Waals surface area (Å²) >= 11 is 0. The van der Waals surface area contributed by atoms with Crippen molar-refractivity contribution in [1.29, 1.82) is 0 Å². The highest BCUT2D eigenvalue weighted by molar-refractivity contribution is 4.90. The van der Waals surface area contributed by atoms with E-state index in [2.05, 4.69) is 31.0 Å². The molecule has 0 aromatic heterocycles. The van der Waals surface area contributed by atoms with Crippen molar-refractivity contribution in [3.63, 3.8) is 0 Å². The van der Waals surface area contributed by atoms with Gasteiger partial charge in [0, 0.05) is 13.1 Å². The molecule has 2 fully saturated rings. The number of rotatable bonds is 7. The molecule has 2 heteroatoms. The van der Waals surface area contributed by atoms with Gasteiger partial charge in [-0.3, -0.25) is 0 Å². The van der Waals surface area contributed by atoms with Gasteiger partial charge < -0.3 is 10.2 Å². The highest BCUT2D eigenvalue weighted by Crippen LogP contribution is 2.39. The van der Waals surface area contributed by atoms with Gasteiger partial charge in [-0.15, -0.1) is 0 Å². The first-order valence-electron chi connectivity index (χ1n) is 9.06. The van der Waals surface area contributed by atoms with Crippen LogP contribution >= 0.6 is 0 Å². The van der Waals surface area contributed by atoms with Crippen LogP contribution < -0.4 is 5.32 Å². The molecule has 118 valence electrons. The molecule has 1 aliphatic carbocycles. The van der Waals surface area contributed by atoms with Crippen molar-refractivity contribution in [3.05, 3.63) is 0 Å².